The highest BCUT2D eigenvalue weighted by Gasteiger charge is 2.20. The highest BCUT2D eigenvalue weighted by atomic mass is 35.5. The summed E-state index contributed by atoms with van der Waals surface area (Å²) in [5.41, 5.74) is 1.10. The van der Waals surface area contributed by atoms with E-state index in [-0.39, 0.29) is 0 Å². The maximum absolute atomic E-state index is 8.58. The average molecular weight is 250 g/mol. The van der Waals surface area contributed by atoms with E-state index in [0.29, 0.717) is 12.6 Å². The second kappa shape index (κ2) is 5.90. The number of nitrogens with one attached hydrogen (secondary N) is 1. The predicted octanol–water partition coefficient (Wildman–Crippen LogP) is 2.42. The van der Waals surface area contributed by atoms with Crippen LogP contribution in [0.5, 0.6) is 0 Å². The number of anilines is 1. The molecule has 0 bridgehead atoms. The fourth-order valence-electron chi connectivity index (χ4n) is 2.26. The van der Waals surface area contributed by atoms with Crippen LogP contribution in [0.1, 0.15) is 12.8 Å². The summed E-state index contributed by atoms with van der Waals surface area (Å²) in [6, 6.07) is 10.4. The zero-order valence-electron chi connectivity index (χ0n) is 9.69. The van der Waals surface area contributed by atoms with Crippen LogP contribution in [0.15, 0.2) is 24.3 Å². The number of halogens is 1. The van der Waals surface area contributed by atoms with Crippen molar-refractivity contribution < 1.29 is 0 Å². The molecule has 1 aromatic rings. The van der Waals surface area contributed by atoms with E-state index in [2.05, 4.69) is 22.4 Å². The molecule has 1 N–H and O–H groups in total. The molecule has 0 aliphatic carbocycles. The summed E-state index contributed by atoms with van der Waals surface area (Å²) in [7, 11) is 0. The van der Waals surface area contributed by atoms with Crippen molar-refractivity contribution in [2.75, 3.05) is 24.5 Å². The quantitative estimate of drug-likeness (QED) is 0.837. The molecule has 0 amide bonds. The normalized spacial score (nSPS) is 20.0. The Morgan fingerprint density at radius 1 is 1.47 bits per heavy atom. The molecule has 3 nitrogen and oxygen atoms in total. The minimum Gasteiger partial charge on any atom is -0.369 e. The third-order valence-corrected chi connectivity index (χ3v) is 3.40. The van der Waals surface area contributed by atoms with Crippen LogP contribution in [0, 0.1) is 11.3 Å². The topological polar surface area (TPSA) is 39.1 Å². The predicted molar refractivity (Wildman–Crippen MR) is 70.3 cm³/mol. The van der Waals surface area contributed by atoms with E-state index in [4.69, 9.17) is 16.9 Å². The number of para-hydroxylation sites is 1. The van der Waals surface area contributed by atoms with Gasteiger partial charge in [-0.3, -0.25) is 5.32 Å². The van der Waals surface area contributed by atoms with E-state index in [0.717, 1.165) is 36.6 Å². The van der Waals surface area contributed by atoms with Crippen LogP contribution in [-0.2, 0) is 0 Å². The lowest BCUT2D eigenvalue weighted by atomic mass is 10.0. The van der Waals surface area contributed by atoms with Crippen LogP contribution in [0.4, 0.5) is 5.69 Å². The molecule has 1 atom stereocenters. The van der Waals surface area contributed by atoms with Crippen LogP contribution in [0.25, 0.3) is 0 Å². The third-order valence-electron chi connectivity index (χ3n) is 3.08. The number of rotatable bonds is 3. The molecule has 0 spiro atoms. The fourth-order valence-corrected chi connectivity index (χ4v) is 2.52. The fraction of sp³-hybridized carbons (Fsp3) is 0.462. The average Bonchev–Trinajstić information content (AvgIpc) is 2.37. The summed E-state index contributed by atoms with van der Waals surface area (Å²) < 4.78 is 0. The Hall–Kier alpha value is -1.24. The van der Waals surface area contributed by atoms with Gasteiger partial charge in [0, 0.05) is 19.1 Å². The van der Waals surface area contributed by atoms with Crippen LogP contribution in [0.3, 0.4) is 0 Å². The van der Waals surface area contributed by atoms with Crippen molar-refractivity contribution >= 4 is 17.3 Å². The Labute approximate surface area is 107 Å². The zero-order chi connectivity index (χ0) is 12.1. The van der Waals surface area contributed by atoms with Gasteiger partial charge in [-0.05, 0) is 25.0 Å². The van der Waals surface area contributed by atoms with Gasteiger partial charge in [-0.2, -0.15) is 5.26 Å². The van der Waals surface area contributed by atoms with E-state index in [1.54, 1.807) is 0 Å². The molecule has 1 heterocycles. The van der Waals surface area contributed by atoms with Gasteiger partial charge >= 0.3 is 0 Å². The summed E-state index contributed by atoms with van der Waals surface area (Å²) in [6.07, 6.45) is 2.26. The van der Waals surface area contributed by atoms with Crippen molar-refractivity contribution in [3.8, 4) is 6.07 Å². The number of nitriles is 1. The summed E-state index contributed by atoms with van der Waals surface area (Å²) in [6.45, 7) is 2.38. The van der Waals surface area contributed by atoms with Gasteiger partial charge in [0.1, 0.15) is 0 Å². The molecule has 4 heteroatoms. The Balaban J connectivity index is 2.02. The molecule has 90 valence electrons. The minimum absolute atomic E-state index is 0.389. The molecule has 1 aromatic carbocycles. The van der Waals surface area contributed by atoms with E-state index in [1.807, 2.05) is 18.2 Å². The molecule has 0 aromatic heterocycles. The highest BCUT2D eigenvalue weighted by Crippen LogP contribution is 2.27. The van der Waals surface area contributed by atoms with Crippen molar-refractivity contribution in [2.45, 2.75) is 18.9 Å². The number of hydrogen-bond acceptors (Lipinski definition) is 3. The van der Waals surface area contributed by atoms with Crippen molar-refractivity contribution in [2.24, 2.45) is 0 Å². The maximum atomic E-state index is 8.58. The number of nitrogens with zero attached hydrogens (tertiary/aromatic N) is 2. The van der Waals surface area contributed by atoms with Gasteiger partial charge in [0.2, 0.25) is 0 Å². The molecule has 1 fully saturated rings. The summed E-state index contributed by atoms with van der Waals surface area (Å²) >= 11 is 6.20. The standard InChI is InChI=1S/C13H16ClN3/c14-12-5-1-2-6-13(12)17-9-3-4-11(10-17)16-8-7-15/h1-2,5-6,11,16H,3-4,8-10H2. The lowest BCUT2D eigenvalue weighted by Crippen LogP contribution is -2.46. The molecule has 1 aliphatic heterocycles. The lowest BCUT2D eigenvalue weighted by Gasteiger charge is -2.35. The van der Waals surface area contributed by atoms with Crippen molar-refractivity contribution in [3.63, 3.8) is 0 Å². The van der Waals surface area contributed by atoms with Gasteiger partial charge < -0.3 is 4.90 Å². The smallest absolute Gasteiger partial charge is 0.0843 e. The monoisotopic (exact) mass is 249 g/mol. The SMILES string of the molecule is N#CCNC1CCCN(c2ccccc2Cl)C1. The number of hydrogen-bond donors (Lipinski definition) is 1. The largest absolute Gasteiger partial charge is 0.369 e. The Bertz CT molecular complexity index is 413. The third kappa shape index (κ3) is 3.12. The molecule has 1 aliphatic rings. The van der Waals surface area contributed by atoms with Crippen LogP contribution >= 0.6 is 11.6 Å². The first-order chi connectivity index (χ1) is 8.31. The molecule has 0 saturated carbocycles. The van der Waals surface area contributed by atoms with Crippen molar-refractivity contribution in [1.82, 2.24) is 5.32 Å². The second-order valence-corrected chi connectivity index (χ2v) is 4.68. The molecular formula is C13H16ClN3. The Morgan fingerprint density at radius 2 is 2.29 bits per heavy atom. The van der Waals surface area contributed by atoms with Gasteiger partial charge in [0.15, 0.2) is 0 Å². The summed E-state index contributed by atoms with van der Waals surface area (Å²) in [5.74, 6) is 0. The van der Waals surface area contributed by atoms with Crippen molar-refractivity contribution in [1.29, 1.82) is 5.26 Å². The van der Waals surface area contributed by atoms with Crippen LogP contribution < -0.4 is 10.2 Å². The first-order valence-electron chi connectivity index (χ1n) is 5.91. The molecule has 17 heavy (non-hydrogen) atoms. The lowest BCUT2D eigenvalue weighted by molar-refractivity contribution is 0.439. The van der Waals surface area contributed by atoms with Gasteiger partial charge in [0.05, 0.1) is 23.3 Å². The molecule has 1 saturated heterocycles. The number of piperidine rings is 1. The first kappa shape index (κ1) is 12.2. The second-order valence-electron chi connectivity index (χ2n) is 4.28. The van der Waals surface area contributed by atoms with Crippen molar-refractivity contribution in [3.05, 3.63) is 29.3 Å². The molecule has 0 radical (unpaired) electrons. The molecule has 1 unspecified atom stereocenters. The van der Waals surface area contributed by atoms with Crippen LogP contribution in [-0.4, -0.2) is 25.7 Å². The minimum atomic E-state index is 0.389. The van der Waals surface area contributed by atoms with E-state index in [9.17, 15) is 0 Å². The Morgan fingerprint density at radius 3 is 3.06 bits per heavy atom. The van der Waals surface area contributed by atoms with E-state index >= 15 is 0 Å². The molecule has 2 rings (SSSR count). The zero-order valence-corrected chi connectivity index (χ0v) is 10.5. The van der Waals surface area contributed by atoms with Gasteiger partial charge in [0.25, 0.3) is 0 Å². The number of benzene rings is 1. The molecular weight excluding hydrogens is 234 g/mol. The van der Waals surface area contributed by atoms with Crippen LogP contribution in [0.2, 0.25) is 5.02 Å². The Kier molecular flexibility index (Phi) is 4.24. The van der Waals surface area contributed by atoms with E-state index in [1.165, 1.54) is 0 Å². The first-order valence-corrected chi connectivity index (χ1v) is 6.29. The van der Waals surface area contributed by atoms with Gasteiger partial charge in [-0.25, -0.2) is 0 Å². The summed E-state index contributed by atoms with van der Waals surface area (Å²) in [4.78, 5) is 2.29. The summed E-state index contributed by atoms with van der Waals surface area (Å²) in [5, 5.41) is 12.6. The highest BCUT2D eigenvalue weighted by molar-refractivity contribution is 6.33. The van der Waals surface area contributed by atoms with Gasteiger partial charge in [-0.15, -0.1) is 0 Å². The van der Waals surface area contributed by atoms with Gasteiger partial charge in [-0.1, -0.05) is 23.7 Å². The maximum Gasteiger partial charge on any atom is 0.0843 e. The van der Waals surface area contributed by atoms with E-state index < -0.39 is 0 Å².